The molecule has 0 saturated heterocycles. The molecule has 1 heterocycles. The summed E-state index contributed by atoms with van der Waals surface area (Å²) in [6.45, 7) is 4.47. The van der Waals surface area contributed by atoms with Crippen LogP contribution in [0.4, 0.5) is 17.3 Å². The molecule has 0 spiro atoms. The molecule has 0 bridgehead atoms. The van der Waals surface area contributed by atoms with E-state index in [4.69, 9.17) is 5.73 Å². The second-order valence-electron chi connectivity index (χ2n) is 6.96. The molecule has 142 valence electrons. The normalized spacial score (nSPS) is 10.8. The molecule has 2 rings (SSSR count). The highest BCUT2D eigenvalue weighted by molar-refractivity contribution is 5.65. The molecule has 0 unspecified atom stereocenters. The van der Waals surface area contributed by atoms with E-state index in [9.17, 15) is 0 Å². The number of nitrogens with one attached hydrogen (secondary N) is 1. The van der Waals surface area contributed by atoms with Gasteiger partial charge in [-0.2, -0.15) is 0 Å². The highest BCUT2D eigenvalue weighted by Gasteiger charge is 2.14. The van der Waals surface area contributed by atoms with Gasteiger partial charge in [0.1, 0.15) is 0 Å². The third kappa shape index (κ3) is 6.66. The number of benzene rings is 1. The first-order valence-corrected chi connectivity index (χ1v) is 10.2. The maximum absolute atomic E-state index is 6.03. The van der Waals surface area contributed by atoms with Crippen LogP contribution < -0.4 is 11.1 Å². The number of hydrogen-bond donors (Lipinski definition) is 2. The smallest absolute Gasteiger partial charge is 0.220 e. The van der Waals surface area contributed by atoms with Gasteiger partial charge in [0.15, 0.2) is 0 Å². The summed E-state index contributed by atoms with van der Waals surface area (Å²) in [7, 11) is 0. The number of aromatic nitrogens is 2. The van der Waals surface area contributed by atoms with Crippen molar-refractivity contribution in [2.45, 2.75) is 78.1 Å². The van der Waals surface area contributed by atoms with Crippen molar-refractivity contribution in [3.63, 3.8) is 0 Å². The lowest BCUT2D eigenvalue weighted by Gasteiger charge is -2.16. The molecule has 3 N–H and O–H groups in total. The highest BCUT2D eigenvalue weighted by atomic mass is 15.0. The number of rotatable bonds is 12. The van der Waals surface area contributed by atoms with Gasteiger partial charge in [0, 0.05) is 5.69 Å². The summed E-state index contributed by atoms with van der Waals surface area (Å²) in [4.78, 5) is 9.15. The van der Waals surface area contributed by atoms with Crippen molar-refractivity contribution in [3.05, 3.63) is 41.7 Å². The van der Waals surface area contributed by atoms with E-state index in [1.807, 2.05) is 18.2 Å². The zero-order valence-corrected chi connectivity index (χ0v) is 16.4. The SMILES string of the molecule is CCCCCCc1nc(N)nc(CCCCCC)c1Nc1ccccc1. The predicted octanol–water partition coefficient (Wildman–Crippen LogP) is 6.05. The molecule has 0 amide bonds. The van der Waals surface area contributed by atoms with Crippen molar-refractivity contribution in [2.24, 2.45) is 0 Å². The molecule has 0 fully saturated rings. The lowest BCUT2D eigenvalue weighted by molar-refractivity contribution is 0.652. The fourth-order valence-corrected chi connectivity index (χ4v) is 3.19. The number of hydrogen-bond acceptors (Lipinski definition) is 4. The van der Waals surface area contributed by atoms with Gasteiger partial charge in [-0.15, -0.1) is 0 Å². The topological polar surface area (TPSA) is 63.8 Å². The number of nitrogens with two attached hydrogens (primary N) is 1. The minimum Gasteiger partial charge on any atom is -0.368 e. The van der Waals surface area contributed by atoms with Gasteiger partial charge in [0.05, 0.1) is 17.1 Å². The average molecular weight is 355 g/mol. The summed E-state index contributed by atoms with van der Waals surface area (Å²) in [5, 5.41) is 3.57. The van der Waals surface area contributed by atoms with Crippen LogP contribution in [0, 0.1) is 0 Å². The first-order valence-electron chi connectivity index (χ1n) is 10.2. The predicted molar refractivity (Wildman–Crippen MR) is 112 cm³/mol. The summed E-state index contributed by atoms with van der Waals surface area (Å²) in [5.74, 6) is 0.402. The maximum Gasteiger partial charge on any atom is 0.220 e. The molecule has 1 aromatic carbocycles. The molecule has 4 nitrogen and oxygen atoms in total. The molecule has 2 aromatic rings. The van der Waals surface area contributed by atoms with E-state index < -0.39 is 0 Å². The first-order chi connectivity index (χ1) is 12.7. The number of unbranched alkanes of at least 4 members (excludes halogenated alkanes) is 6. The number of nitrogens with zero attached hydrogens (tertiary/aromatic N) is 2. The van der Waals surface area contributed by atoms with Crippen LogP contribution >= 0.6 is 0 Å². The fraction of sp³-hybridized carbons (Fsp3) is 0.545. The maximum atomic E-state index is 6.03. The average Bonchev–Trinajstić information content (AvgIpc) is 2.65. The largest absolute Gasteiger partial charge is 0.368 e. The Morgan fingerprint density at radius 1 is 0.769 bits per heavy atom. The summed E-state index contributed by atoms with van der Waals surface area (Å²) in [5.41, 5.74) is 10.3. The molecule has 1 aromatic heterocycles. The van der Waals surface area contributed by atoms with Gasteiger partial charge in [0.2, 0.25) is 5.95 Å². The van der Waals surface area contributed by atoms with Gasteiger partial charge >= 0.3 is 0 Å². The zero-order chi connectivity index (χ0) is 18.6. The molecule has 0 aliphatic heterocycles. The standard InChI is InChI=1S/C22H34N4/c1-3-5-7-12-16-19-21(24-18-14-10-9-11-15-18)20(26-22(23)25-19)17-13-8-6-4-2/h9-11,14-15,24H,3-8,12-13,16-17H2,1-2H3,(H2,23,25,26). The van der Waals surface area contributed by atoms with Gasteiger partial charge in [-0.05, 0) is 37.8 Å². The summed E-state index contributed by atoms with van der Waals surface area (Å²) in [6, 6.07) is 10.3. The van der Waals surface area contributed by atoms with Crippen LogP contribution in [0.5, 0.6) is 0 Å². The van der Waals surface area contributed by atoms with Crippen LogP contribution in [-0.2, 0) is 12.8 Å². The quantitative estimate of drug-likeness (QED) is 0.455. The molecule has 0 aliphatic carbocycles. The lowest BCUT2D eigenvalue weighted by atomic mass is 10.0. The molecule has 4 heteroatoms. The first kappa shape index (κ1) is 20.2. The Balaban J connectivity index is 2.20. The minimum atomic E-state index is 0.402. The van der Waals surface area contributed by atoms with Crippen LogP contribution in [0.2, 0.25) is 0 Å². The lowest BCUT2D eigenvalue weighted by Crippen LogP contribution is -2.10. The molecule has 0 radical (unpaired) electrons. The van der Waals surface area contributed by atoms with E-state index >= 15 is 0 Å². The van der Waals surface area contributed by atoms with Crippen molar-refractivity contribution >= 4 is 17.3 Å². The molecule has 26 heavy (non-hydrogen) atoms. The Morgan fingerprint density at radius 3 is 1.81 bits per heavy atom. The summed E-state index contributed by atoms with van der Waals surface area (Å²) < 4.78 is 0. The number of aryl methyl sites for hydroxylation is 2. The summed E-state index contributed by atoms with van der Waals surface area (Å²) in [6.07, 6.45) is 11.7. The Hall–Kier alpha value is -2.10. The van der Waals surface area contributed by atoms with Crippen LogP contribution in [0.1, 0.15) is 76.6 Å². The van der Waals surface area contributed by atoms with Crippen LogP contribution in [0.15, 0.2) is 30.3 Å². The van der Waals surface area contributed by atoms with Crippen molar-refractivity contribution in [3.8, 4) is 0 Å². The van der Waals surface area contributed by atoms with E-state index in [-0.39, 0.29) is 0 Å². The molecular weight excluding hydrogens is 320 g/mol. The Labute approximate surface area is 158 Å². The monoisotopic (exact) mass is 354 g/mol. The number of nitrogen functional groups attached to an aromatic ring is 1. The highest BCUT2D eigenvalue weighted by Crippen LogP contribution is 2.27. The molecular formula is C22H34N4. The van der Waals surface area contributed by atoms with E-state index in [2.05, 4.69) is 41.3 Å². The van der Waals surface area contributed by atoms with Crippen LogP contribution in [0.25, 0.3) is 0 Å². The van der Waals surface area contributed by atoms with Gasteiger partial charge in [-0.25, -0.2) is 9.97 Å². The van der Waals surface area contributed by atoms with Gasteiger partial charge < -0.3 is 11.1 Å². The number of anilines is 3. The third-order valence-electron chi connectivity index (χ3n) is 4.65. The minimum absolute atomic E-state index is 0.402. The molecule has 0 saturated carbocycles. The Kier molecular flexibility index (Phi) is 8.94. The van der Waals surface area contributed by atoms with Gasteiger partial charge in [-0.3, -0.25) is 0 Å². The number of para-hydroxylation sites is 1. The van der Waals surface area contributed by atoms with Crippen LogP contribution in [0.3, 0.4) is 0 Å². The van der Waals surface area contributed by atoms with Crippen molar-refractivity contribution in [1.29, 1.82) is 0 Å². The third-order valence-corrected chi connectivity index (χ3v) is 4.65. The second-order valence-corrected chi connectivity index (χ2v) is 6.96. The zero-order valence-electron chi connectivity index (χ0n) is 16.4. The Morgan fingerprint density at radius 2 is 1.31 bits per heavy atom. The second kappa shape index (κ2) is 11.5. The van der Waals surface area contributed by atoms with Crippen molar-refractivity contribution < 1.29 is 0 Å². The fourth-order valence-electron chi connectivity index (χ4n) is 3.19. The van der Waals surface area contributed by atoms with E-state index in [0.717, 1.165) is 48.4 Å². The van der Waals surface area contributed by atoms with Crippen molar-refractivity contribution in [2.75, 3.05) is 11.1 Å². The Bertz CT molecular complexity index is 607. The van der Waals surface area contributed by atoms with Gasteiger partial charge in [-0.1, -0.05) is 70.6 Å². The molecule has 0 atom stereocenters. The van der Waals surface area contributed by atoms with Crippen LogP contribution in [-0.4, -0.2) is 9.97 Å². The molecule has 0 aliphatic rings. The van der Waals surface area contributed by atoms with Crippen molar-refractivity contribution in [1.82, 2.24) is 9.97 Å². The van der Waals surface area contributed by atoms with E-state index in [0.29, 0.717) is 5.95 Å². The summed E-state index contributed by atoms with van der Waals surface area (Å²) >= 11 is 0. The van der Waals surface area contributed by atoms with E-state index in [1.54, 1.807) is 0 Å². The van der Waals surface area contributed by atoms with E-state index in [1.165, 1.54) is 38.5 Å². The van der Waals surface area contributed by atoms with Gasteiger partial charge in [0.25, 0.3) is 0 Å².